The highest BCUT2D eigenvalue weighted by molar-refractivity contribution is 4.77. The van der Waals surface area contributed by atoms with E-state index in [1.807, 2.05) is 23.1 Å². The van der Waals surface area contributed by atoms with E-state index in [-0.39, 0.29) is 0 Å². The third-order valence-corrected chi connectivity index (χ3v) is 2.57. The molecular formula is C11H21N3. The van der Waals surface area contributed by atoms with Crippen molar-refractivity contribution in [1.82, 2.24) is 14.7 Å². The molecule has 0 saturated heterocycles. The van der Waals surface area contributed by atoms with Crippen LogP contribution in [0.25, 0.3) is 0 Å². The topological polar surface area (TPSA) is 21.1 Å². The monoisotopic (exact) mass is 195 g/mol. The molecule has 0 fully saturated rings. The lowest BCUT2D eigenvalue weighted by molar-refractivity contribution is 0.293. The van der Waals surface area contributed by atoms with Crippen LogP contribution in [-0.2, 0) is 6.54 Å². The molecule has 3 heteroatoms. The minimum absolute atomic E-state index is 1.05. The second-order valence-corrected chi connectivity index (χ2v) is 3.50. The molecular weight excluding hydrogens is 174 g/mol. The van der Waals surface area contributed by atoms with Gasteiger partial charge in [0.2, 0.25) is 0 Å². The van der Waals surface area contributed by atoms with Gasteiger partial charge >= 0.3 is 0 Å². The van der Waals surface area contributed by atoms with Crippen molar-refractivity contribution in [2.75, 3.05) is 19.6 Å². The Morgan fingerprint density at radius 2 is 2.00 bits per heavy atom. The van der Waals surface area contributed by atoms with E-state index in [2.05, 4.69) is 23.8 Å². The van der Waals surface area contributed by atoms with Crippen molar-refractivity contribution in [1.29, 1.82) is 0 Å². The summed E-state index contributed by atoms with van der Waals surface area (Å²) in [6, 6.07) is 1.98. The van der Waals surface area contributed by atoms with Gasteiger partial charge in [-0.3, -0.25) is 4.68 Å². The van der Waals surface area contributed by atoms with E-state index in [1.165, 1.54) is 19.4 Å². The summed E-state index contributed by atoms with van der Waals surface area (Å²) in [5.41, 5.74) is 0. The van der Waals surface area contributed by atoms with Crippen molar-refractivity contribution >= 4 is 0 Å². The molecule has 1 heterocycles. The molecule has 14 heavy (non-hydrogen) atoms. The first-order valence-corrected chi connectivity index (χ1v) is 5.56. The molecule has 0 spiro atoms. The zero-order valence-corrected chi connectivity index (χ0v) is 9.32. The van der Waals surface area contributed by atoms with Crippen LogP contribution in [-0.4, -0.2) is 34.3 Å². The van der Waals surface area contributed by atoms with Crippen molar-refractivity contribution in [2.24, 2.45) is 0 Å². The molecule has 0 aliphatic rings. The molecule has 0 aliphatic carbocycles. The molecule has 0 radical (unpaired) electrons. The van der Waals surface area contributed by atoms with Gasteiger partial charge < -0.3 is 4.90 Å². The van der Waals surface area contributed by atoms with Crippen LogP contribution in [0.4, 0.5) is 0 Å². The zero-order valence-electron chi connectivity index (χ0n) is 9.32. The van der Waals surface area contributed by atoms with Crippen molar-refractivity contribution in [3.05, 3.63) is 18.5 Å². The normalized spacial score (nSPS) is 11.1. The third-order valence-electron chi connectivity index (χ3n) is 2.57. The molecule has 80 valence electrons. The van der Waals surface area contributed by atoms with Gasteiger partial charge in [-0.15, -0.1) is 0 Å². The fourth-order valence-electron chi connectivity index (χ4n) is 1.58. The van der Waals surface area contributed by atoms with Crippen molar-refractivity contribution in [3.63, 3.8) is 0 Å². The number of aromatic nitrogens is 2. The first-order chi connectivity index (χ1) is 6.86. The number of unbranched alkanes of at least 4 members (excludes halogenated alkanes) is 1. The van der Waals surface area contributed by atoms with E-state index in [4.69, 9.17) is 0 Å². The Bertz CT molecular complexity index is 214. The van der Waals surface area contributed by atoms with Gasteiger partial charge in [-0.05, 0) is 38.5 Å². The fraction of sp³-hybridized carbons (Fsp3) is 0.727. The highest BCUT2D eigenvalue weighted by Crippen LogP contribution is 1.97. The Balaban J connectivity index is 2.04. The summed E-state index contributed by atoms with van der Waals surface area (Å²) in [6.07, 6.45) is 6.35. The van der Waals surface area contributed by atoms with Crippen LogP contribution in [0.2, 0.25) is 0 Å². The Labute approximate surface area is 86.7 Å². The van der Waals surface area contributed by atoms with Gasteiger partial charge in [-0.1, -0.05) is 13.8 Å². The predicted molar refractivity (Wildman–Crippen MR) is 59.2 cm³/mol. The Hall–Kier alpha value is -0.830. The van der Waals surface area contributed by atoms with E-state index in [0.717, 1.165) is 19.6 Å². The highest BCUT2D eigenvalue weighted by atomic mass is 15.3. The molecule has 0 saturated carbocycles. The summed E-state index contributed by atoms with van der Waals surface area (Å²) in [7, 11) is 0. The smallest absolute Gasteiger partial charge is 0.0489 e. The largest absolute Gasteiger partial charge is 0.304 e. The maximum atomic E-state index is 4.18. The van der Waals surface area contributed by atoms with Gasteiger partial charge in [0, 0.05) is 18.9 Å². The molecule has 1 aromatic heterocycles. The average molecular weight is 195 g/mol. The SMILES string of the molecule is CCN(CC)CCCCn1cccn1. The summed E-state index contributed by atoms with van der Waals surface area (Å²) in [5.74, 6) is 0. The number of hydrogen-bond acceptors (Lipinski definition) is 2. The maximum absolute atomic E-state index is 4.18. The standard InChI is InChI=1S/C11H21N3/c1-3-13(4-2)9-5-6-10-14-11-7-8-12-14/h7-8,11H,3-6,9-10H2,1-2H3. The summed E-state index contributed by atoms with van der Waals surface area (Å²) in [5, 5.41) is 4.18. The maximum Gasteiger partial charge on any atom is 0.0489 e. The Morgan fingerprint density at radius 1 is 1.21 bits per heavy atom. The van der Waals surface area contributed by atoms with Crippen LogP contribution in [0, 0.1) is 0 Å². The number of hydrogen-bond donors (Lipinski definition) is 0. The first-order valence-electron chi connectivity index (χ1n) is 5.56. The molecule has 1 rings (SSSR count). The second kappa shape index (κ2) is 6.60. The van der Waals surface area contributed by atoms with Gasteiger partial charge in [-0.25, -0.2) is 0 Å². The number of aryl methyl sites for hydroxylation is 1. The number of rotatable bonds is 7. The summed E-state index contributed by atoms with van der Waals surface area (Å²) >= 11 is 0. The molecule has 1 aromatic rings. The molecule has 0 aliphatic heterocycles. The van der Waals surface area contributed by atoms with Gasteiger partial charge in [0.25, 0.3) is 0 Å². The quantitative estimate of drug-likeness (QED) is 0.621. The van der Waals surface area contributed by atoms with Gasteiger partial charge in [0.05, 0.1) is 0 Å². The van der Waals surface area contributed by atoms with Crippen LogP contribution in [0.1, 0.15) is 26.7 Å². The van der Waals surface area contributed by atoms with Crippen LogP contribution in [0.5, 0.6) is 0 Å². The third kappa shape index (κ3) is 3.92. The highest BCUT2D eigenvalue weighted by Gasteiger charge is 1.98. The molecule has 0 bridgehead atoms. The lowest BCUT2D eigenvalue weighted by atomic mass is 10.3. The fourth-order valence-corrected chi connectivity index (χ4v) is 1.58. The van der Waals surface area contributed by atoms with Crippen LogP contribution in [0.15, 0.2) is 18.5 Å². The van der Waals surface area contributed by atoms with E-state index in [9.17, 15) is 0 Å². The molecule has 0 amide bonds. The van der Waals surface area contributed by atoms with E-state index in [0.29, 0.717) is 0 Å². The lowest BCUT2D eigenvalue weighted by Crippen LogP contribution is -2.24. The molecule has 0 N–H and O–H groups in total. The molecule has 0 atom stereocenters. The summed E-state index contributed by atoms with van der Waals surface area (Å²) in [6.45, 7) is 9.03. The van der Waals surface area contributed by atoms with E-state index < -0.39 is 0 Å². The van der Waals surface area contributed by atoms with Crippen molar-refractivity contribution in [3.8, 4) is 0 Å². The van der Waals surface area contributed by atoms with E-state index in [1.54, 1.807) is 0 Å². The van der Waals surface area contributed by atoms with Crippen LogP contribution < -0.4 is 0 Å². The molecule has 3 nitrogen and oxygen atoms in total. The Kier molecular flexibility index (Phi) is 5.30. The van der Waals surface area contributed by atoms with Crippen LogP contribution in [0.3, 0.4) is 0 Å². The molecule has 0 aromatic carbocycles. The van der Waals surface area contributed by atoms with Gasteiger partial charge in [-0.2, -0.15) is 5.10 Å². The summed E-state index contributed by atoms with van der Waals surface area (Å²) < 4.78 is 2.00. The first kappa shape index (κ1) is 11.2. The van der Waals surface area contributed by atoms with Crippen LogP contribution >= 0.6 is 0 Å². The average Bonchev–Trinajstić information content (AvgIpc) is 2.71. The summed E-state index contributed by atoms with van der Waals surface area (Å²) in [4.78, 5) is 2.46. The second-order valence-electron chi connectivity index (χ2n) is 3.50. The van der Waals surface area contributed by atoms with Gasteiger partial charge in [0.15, 0.2) is 0 Å². The van der Waals surface area contributed by atoms with Crippen molar-refractivity contribution < 1.29 is 0 Å². The molecule has 0 unspecified atom stereocenters. The Morgan fingerprint density at radius 3 is 2.57 bits per heavy atom. The van der Waals surface area contributed by atoms with E-state index >= 15 is 0 Å². The lowest BCUT2D eigenvalue weighted by Gasteiger charge is -2.17. The predicted octanol–water partition coefficient (Wildman–Crippen LogP) is 2.01. The minimum atomic E-state index is 1.05. The minimum Gasteiger partial charge on any atom is -0.304 e. The van der Waals surface area contributed by atoms with Gasteiger partial charge in [0.1, 0.15) is 0 Å². The number of nitrogens with zero attached hydrogens (tertiary/aromatic N) is 3. The van der Waals surface area contributed by atoms with Crippen molar-refractivity contribution in [2.45, 2.75) is 33.2 Å². The zero-order chi connectivity index (χ0) is 10.2.